The number of furan rings is 1. The second-order valence-electron chi connectivity index (χ2n) is 13.2. The molecule has 11 rings (SSSR count). The smallest absolute Gasteiger partial charge is 0.238 e. The first-order valence-electron chi connectivity index (χ1n) is 17.5. The Morgan fingerprint density at radius 2 is 1.06 bits per heavy atom. The highest BCUT2D eigenvalue weighted by Crippen LogP contribution is 2.39. The molecule has 242 valence electrons. The van der Waals surface area contributed by atoms with Gasteiger partial charge < -0.3 is 4.42 Å². The third kappa shape index (κ3) is 4.33. The van der Waals surface area contributed by atoms with Crippen molar-refractivity contribution in [3.8, 4) is 39.9 Å². The van der Waals surface area contributed by atoms with Crippen molar-refractivity contribution >= 4 is 65.3 Å². The van der Waals surface area contributed by atoms with Gasteiger partial charge in [0.25, 0.3) is 0 Å². The van der Waals surface area contributed by atoms with Gasteiger partial charge in [-0.1, -0.05) is 146 Å². The van der Waals surface area contributed by atoms with E-state index in [9.17, 15) is 0 Å². The molecule has 0 aliphatic carbocycles. The third-order valence-electron chi connectivity index (χ3n) is 10.3. The zero-order valence-corrected chi connectivity index (χ0v) is 27.9. The maximum Gasteiger partial charge on any atom is 0.238 e. The third-order valence-corrected chi connectivity index (χ3v) is 10.3. The minimum absolute atomic E-state index is 0.543. The Morgan fingerprint density at radius 1 is 0.404 bits per heavy atom. The molecular formula is C47H28N4O. The van der Waals surface area contributed by atoms with Crippen LogP contribution in [-0.2, 0) is 0 Å². The molecule has 0 saturated carbocycles. The highest BCUT2D eigenvalue weighted by molar-refractivity contribution is 6.14. The topological polar surface area (TPSA) is 56.7 Å². The Balaban J connectivity index is 1.26. The molecule has 0 atom stereocenters. The fraction of sp³-hybridized carbons (Fsp3) is 0. The van der Waals surface area contributed by atoms with Crippen molar-refractivity contribution in [2.24, 2.45) is 0 Å². The number of hydrogen-bond acceptors (Lipinski definition) is 4. The monoisotopic (exact) mass is 664 g/mol. The molecule has 0 aliphatic heterocycles. The minimum atomic E-state index is 0.543. The molecule has 0 amide bonds. The van der Waals surface area contributed by atoms with E-state index in [1.807, 2.05) is 30.3 Å². The van der Waals surface area contributed by atoms with Crippen molar-refractivity contribution in [3.63, 3.8) is 0 Å². The number of nitrogens with zero attached hydrogens (tertiary/aromatic N) is 4. The summed E-state index contributed by atoms with van der Waals surface area (Å²) >= 11 is 0. The minimum Gasteiger partial charge on any atom is -0.455 e. The van der Waals surface area contributed by atoms with Crippen LogP contribution in [0.1, 0.15) is 0 Å². The summed E-state index contributed by atoms with van der Waals surface area (Å²) in [4.78, 5) is 16.0. The predicted octanol–water partition coefficient (Wildman–Crippen LogP) is 12.2. The van der Waals surface area contributed by atoms with Gasteiger partial charge in [0.15, 0.2) is 11.6 Å². The summed E-state index contributed by atoms with van der Waals surface area (Å²) in [5.41, 5.74) is 7.67. The van der Waals surface area contributed by atoms with Crippen LogP contribution in [0.2, 0.25) is 0 Å². The molecule has 0 fully saturated rings. The fourth-order valence-corrected chi connectivity index (χ4v) is 7.87. The Hall–Kier alpha value is -7.11. The van der Waals surface area contributed by atoms with E-state index in [2.05, 4.69) is 144 Å². The summed E-state index contributed by atoms with van der Waals surface area (Å²) in [5.74, 6) is 1.69. The molecule has 0 aliphatic rings. The molecule has 0 spiro atoms. The average Bonchev–Trinajstić information content (AvgIpc) is 3.76. The molecule has 0 unspecified atom stereocenters. The van der Waals surface area contributed by atoms with Crippen LogP contribution in [0.15, 0.2) is 174 Å². The lowest BCUT2D eigenvalue weighted by atomic mass is 9.97. The molecule has 11 aromatic rings. The molecule has 0 bridgehead atoms. The number of hydrogen-bond donors (Lipinski definition) is 0. The fourth-order valence-electron chi connectivity index (χ4n) is 7.87. The van der Waals surface area contributed by atoms with Gasteiger partial charge in [0.05, 0.1) is 16.6 Å². The van der Waals surface area contributed by atoms with Crippen molar-refractivity contribution in [1.29, 1.82) is 0 Å². The quantitative estimate of drug-likeness (QED) is 0.176. The summed E-state index contributed by atoms with van der Waals surface area (Å²) < 4.78 is 8.73. The maximum atomic E-state index is 6.54. The molecule has 3 aromatic heterocycles. The molecule has 8 aromatic carbocycles. The maximum absolute atomic E-state index is 6.54. The molecule has 5 heteroatoms. The second-order valence-corrected chi connectivity index (χ2v) is 13.2. The molecule has 0 N–H and O–H groups in total. The Labute approximate surface area is 298 Å². The van der Waals surface area contributed by atoms with Crippen molar-refractivity contribution < 1.29 is 4.42 Å². The number of para-hydroxylation sites is 3. The number of benzene rings is 8. The van der Waals surface area contributed by atoms with Gasteiger partial charge >= 0.3 is 0 Å². The van der Waals surface area contributed by atoms with Crippen LogP contribution in [0.25, 0.3) is 105 Å². The van der Waals surface area contributed by atoms with Crippen molar-refractivity contribution in [2.75, 3.05) is 0 Å². The van der Waals surface area contributed by atoms with E-state index in [1.54, 1.807) is 0 Å². The SMILES string of the molecule is c1ccc(-c2ccc3c4ccccc4n(-c4nc(-c5cccc6c5oc5ccccc56)nc(-c5cccc6ccc7ccccc7c56)n4)c3c2)cc1. The number of fused-ring (bicyclic) bond motifs is 9. The van der Waals surface area contributed by atoms with E-state index in [1.165, 1.54) is 5.39 Å². The largest absolute Gasteiger partial charge is 0.455 e. The molecule has 3 heterocycles. The summed E-state index contributed by atoms with van der Waals surface area (Å²) in [6.45, 7) is 0. The Kier molecular flexibility index (Phi) is 6.18. The van der Waals surface area contributed by atoms with Gasteiger partial charge in [0, 0.05) is 32.5 Å². The van der Waals surface area contributed by atoms with Crippen LogP contribution in [-0.4, -0.2) is 19.5 Å². The lowest BCUT2D eigenvalue weighted by Gasteiger charge is -2.13. The Morgan fingerprint density at radius 3 is 1.96 bits per heavy atom. The van der Waals surface area contributed by atoms with E-state index >= 15 is 0 Å². The lowest BCUT2D eigenvalue weighted by molar-refractivity contribution is 0.669. The first-order valence-corrected chi connectivity index (χ1v) is 17.5. The standard InChI is InChI=1S/C47H28N4O/c1-2-12-29(13-3-1)32-26-27-35-34-17-6-8-22-40(34)51(41(35)28-32)47-49-45(38-20-10-15-31-25-24-30-14-4-5-16-33(30)43(31)38)48-46(50-47)39-21-11-19-37-36-18-7-9-23-42(36)52-44(37)39/h1-28H. The predicted molar refractivity (Wildman–Crippen MR) is 213 cm³/mol. The van der Waals surface area contributed by atoms with E-state index in [-0.39, 0.29) is 0 Å². The molecule has 52 heavy (non-hydrogen) atoms. The zero-order valence-electron chi connectivity index (χ0n) is 27.9. The van der Waals surface area contributed by atoms with Crippen LogP contribution in [0, 0.1) is 0 Å². The van der Waals surface area contributed by atoms with Gasteiger partial charge in [-0.25, -0.2) is 4.98 Å². The van der Waals surface area contributed by atoms with E-state index in [4.69, 9.17) is 19.4 Å². The van der Waals surface area contributed by atoms with E-state index in [0.29, 0.717) is 17.6 Å². The zero-order chi connectivity index (χ0) is 34.2. The first-order chi connectivity index (χ1) is 25.8. The van der Waals surface area contributed by atoms with Gasteiger partial charge in [-0.2, -0.15) is 9.97 Å². The van der Waals surface area contributed by atoms with Crippen LogP contribution in [0.3, 0.4) is 0 Å². The number of rotatable bonds is 4. The summed E-state index contributed by atoms with van der Waals surface area (Å²) in [5, 5.41) is 8.92. The van der Waals surface area contributed by atoms with Crippen molar-refractivity contribution in [3.05, 3.63) is 170 Å². The second kappa shape index (κ2) is 11.2. The lowest BCUT2D eigenvalue weighted by Crippen LogP contribution is -2.06. The van der Waals surface area contributed by atoms with Crippen LogP contribution in [0.4, 0.5) is 0 Å². The van der Waals surface area contributed by atoms with Crippen LogP contribution < -0.4 is 0 Å². The van der Waals surface area contributed by atoms with Gasteiger partial charge in [0.1, 0.15) is 11.2 Å². The molecular weight excluding hydrogens is 637 g/mol. The highest BCUT2D eigenvalue weighted by atomic mass is 16.3. The highest BCUT2D eigenvalue weighted by Gasteiger charge is 2.22. The summed E-state index contributed by atoms with van der Waals surface area (Å²) in [7, 11) is 0. The van der Waals surface area contributed by atoms with Crippen LogP contribution >= 0.6 is 0 Å². The van der Waals surface area contributed by atoms with Crippen LogP contribution in [0.5, 0.6) is 0 Å². The van der Waals surface area contributed by atoms with Crippen molar-refractivity contribution in [1.82, 2.24) is 19.5 Å². The average molecular weight is 665 g/mol. The first kappa shape index (κ1) is 28.7. The number of aromatic nitrogens is 4. The normalized spacial score (nSPS) is 11.8. The Bertz CT molecular complexity index is 3190. The molecule has 0 saturated heterocycles. The van der Waals surface area contributed by atoms with E-state index < -0.39 is 0 Å². The molecule has 5 nitrogen and oxygen atoms in total. The van der Waals surface area contributed by atoms with Gasteiger partial charge in [0.2, 0.25) is 5.95 Å². The van der Waals surface area contributed by atoms with Gasteiger partial charge in [-0.05, 0) is 51.6 Å². The summed E-state index contributed by atoms with van der Waals surface area (Å²) in [6.07, 6.45) is 0. The van der Waals surface area contributed by atoms with Gasteiger partial charge in [-0.15, -0.1) is 0 Å². The van der Waals surface area contributed by atoms with Crippen molar-refractivity contribution in [2.45, 2.75) is 0 Å². The van der Waals surface area contributed by atoms with Gasteiger partial charge in [-0.3, -0.25) is 4.57 Å². The van der Waals surface area contributed by atoms with E-state index in [0.717, 1.165) is 82.2 Å². The molecule has 0 radical (unpaired) electrons. The summed E-state index contributed by atoms with van der Waals surface area (Å²) in [6, 6.07) is 59.2.